The Kier molecular flexibility index (Phi) is 4.44. The number of fused-ring (bicyclic) bond motifs is 1. The van der Waals surface area contributed by atoms with Crippen LogP contribution in [0.3, 0.4) is 0 Å². The van der Waals surface area contributed by atoms with Gasteiger partial charge in [0, 0.05) is 49.7 Å². The summed E-state index contributed by atoms with van der Waals surface area (Å²) in [6, 6.07) is 11.4. The van der Waals surface area contributed by atoms with Gasteiger partial charge < -0.3 is 20.1 Å². The smallest absolute Gasteiger partial charge is 0.253 e. The average molecular weight is 350 g/mol. The number of benzene rings is 1. The molecule has 0 radical (unpaired) electrons. The van der Waals surface area contributed by atoms with E-state index in [0.29, 0.717) is 25.2 Å². The summed E-state index contributed by atoms with van der Waals surface area (Å²) in [7, 11) is 0. The van der Waals surface area contributed by atoms with Gasteiger partial charge in [-0.2, -0.15) is 0 Å². The second-order valence-electron chi connectivity index (χ2n) is 6.88. The maximum Gasteiger partial charge on any atom is 0.253 e. The van der Waals surface area contributed by atoms with Gasteiger partial charge in [-0.3, -0.25) is 4.79 Å². The lowest BCUT2D eigenvalue weighted by Gasteiger charge is -2.17. The number of hydrogen-bond donors (Lipinski definition) is 2. The molecule has 6 nitrogen and oxygen atoms in total. The summed E-state index contributed by atoms with van der Waals surface area (Å²) in [4.78, 5) is 18.7. The first kappa shape index (κ1) is 16.8. The summed E-state index contributed by atoms with van der Waals surface area (Å²) < 4.78 is 1.97. The molecule has 134 valence electrons. The minimum Gasteiger partial charge on any atom is -0.391 e. The highest BCUT2D eigenvalue weighted by Crippen LogP contribution is 2.23. The number of carbonyl (C=O) groups excluding carboxylic acids is 1. The quantitative estimate of drug-likeness (QED) is 0.746. The number of carbonyl (C=O) groups is 1. The van der Waals surface area contributed by atoms with Crippen LogP contribution in [-0.4, -0.2) is 44.5 Å². The van der Waals surface area contributed by atoms with Crippen molar-refractivity contribution < 1.29 is 9.90 Å². The molecule has 0 unspecified atom stereocenters. The van der Waals surface area contributed by atoms with Crippen molar-refractivity contribution in [2.24, 2.45) is 11.7 Å². The predicted molar refractivity (Wildman–Crippen MR) is 98.6 cm³/mol. The van der Waals surface area contributed by atoms with Gasteiger partial charge in [-0.05, 0) is 35.7 Å². The fraction of sp³-hybridized carbons (Fsp3) is 0.300. The first-order valence-corrected chi connectivity index (χ1v) is 8.82. The van der Waals surface area contributed by atoms with E-state index in [1.807, 2.05) is 47.1 Å². The van der Waals surface area contributed by atoms with Crippen molar-refractivity contribution >= 4 is 11.6 Å². The molecule has 0 bridgehead atoms. The lowest BCUT2D eigenvalue weighted by atomic mass is 9.98. The van der Waals surface area contributed by atoms with Gasteiger partial charge in [0.15, 0.2) is 0 Å². The number of nitrogens with zero attached hydrogens (tertiary/aromatic N) is 3. The first-order chi connectivity index (χ1) is 12.6. The molecule has 6 heteroatoms. The highest BCUT2D eigenvalue weighted by Gasteiger charge is 2.34. The van der Waals surface area contributed by atoms with E-state index in [0.717, 1.165) is 23.2 Å². The van der Waals surface area contributed by atoms with Crippen LogP contribution in [0.1, 0.15) is 21.5 Å². The Hall–Kier alpha value is -2.70. The Morgan fingerprint density at radius 3 is 2.96 bits per heavy atom. The summed E-state index contributed by atoms with van der Waals surface area (Å²) in [5, 5.41) is 10.5. The topological polar surface area (TPSA) is 83.9 Å². The van der Waals surface area contributed by atoms with Crippen molar-refractivity contribution in [3.05, 3.63) is 71.7 Å². The molecule has 0 aliphatic carbocycles. The van der Waals surface area contributed by atoms with E-state index < -0.39 is 6.10 Å². The molecule has 3 heterocycles. The van der Waals surface area contributed by atoms with Gasteiger partial charge in [0.1, 0.15) is 5.65 Å². The van der Waals surface area contributed by atoms with Gasteiger partial charge in [0.2, 0.25) is 0 Å². The molecule has 4 rings (SSSR count). The Balaban J connectivity index is 1.47. The van der Waals surface area contributed by atoms with Gasteiger partial charge in [0.25, 0.3) is 5.91 Å². The Labute approximate surface area is 151 Å². The fourth-order valence-electron chi connectivity index (χ4n) is 3.62. The molecule has 1 aliphatic heterocycles. The van der Waals surface area contributed by atoms with Crippen LogP contribution < -0.4 is 5.73 Å². The van der Waals surface area contributed by atoms with Crippen LogP contribution in [0.5, 0.6) is 0 Å². The van der Waals surface area contributed by atoms with Crippen LogP contribution in [0.25, 0.3) is 5.65 Å². The maximum atomic E-state index is 12.8. The second-order valence-corrected chi connectivity index (χ2v) is 6.88. The molecule has 1 saturated heterocycles. The molecule has 0 spiro atoms. The zero-order chi connectivity index (χ0) is 18.1. The fourth-order valence-corrected chi connectivity index (χ4v) is 3.62. The standard InChI is InChI=1S/C20H22N4O2/c21-10-14-2-1-3-16(8-14)20(26)24-12-17(18(25)13-24)9-15-4-5-19-22-6-7-23(19)11-15/h1-8,11,17-18,25H,9-10,12-13,21H2/t17-,18+/m0/s1. The van der Waals surface area contributed by atoms with Crippen LogP contribution in [-0.2, 0) is 13.0 Å². The molecule has 1 aromatic carbocycles. The van der Waals surface area contributed by atoms with Gasteiger partial charge in [-0.1, -0.05) is 18.2 Å². The molecule has 2 atom stereocenters. The van der Waals surface area contributed by atoms with E-state index in [1.165, 1.54) is 0 Å². The van der Waals surface area contributed by atoms with Crippen LogP contribution in [0.15, 0.2) is 55.0 Å². The number of hydrogen-bond acceptors (Lipinski definition) is 4. The van der Waals surface area contributed by atoms with E-state index in [9.17, 15) is 9.90 Å². The van der Waals surface area contributed by atoms with Crippen LogP contribution in [0.2, 0.25) is 0 Å². The Morgan fingerprint density at radius 2 is 2.12 bits per heavy atom. The highest BCUT2D eigenvalue weighted by molar-refractivity contribution is 5.94. The number of aliphatic hydroxyl groups is 1. The number of rotatable bonds is 4. The van der Waals surface area contributed by atoms with Crippen molar-refractivity contribution in [3.63, 3.8) is 0 Å². The lowest BCUT2D eigenvalue weighted by Crippen LogP contribution is -2.29. The summed E-state index contributed by atoms with van der Waals surface area (Å²) in [6.45, 7) is 1.32. The minimum absolute atomic E-state index is 0.0256. The normalized spacial score (nSPS) is 20.0. The third kappa shape index (κ3) is 3.21. The van der Waals surface area contributed by atoms with Crippen molar-refractivity contribution in [2.45, 2.75) is 19.1 Å². The van der Waals surface area contributed by atoms with E-state index in [1.54, 1.807) is 17.2 Å². The number of likely N-dealkylation sites (tertiary alicyclic amines) is 1. The Morgan fingerprint density at radius 1 is 1.23 bits per heavy atom. The van der Waals surface area contributed by atoms with Gasteiger partial charge in [0.05, 0.1) is 6.10 Å². The van der Waals surface area contributed by atoms with Crippen molar-refractivity contribution in [1.82, 2.24) is 14.3 Å². The summed E-state index contributed by atoms with van der Waals surface area (Å²) in [5.74, 6) is -0.0236. The minimum atomic E-state index is -0.518. The third-order valence-corrected chi connectivity index (χ3v) is 5.05. The van der Waals surface area contributed by atoms with E-state index in [2.05, 4.69) is 4.98 Å². The molecule has 1 amide bonds. The third-order valence-electron chi connectivity index (χ3n) is 5.05. The monoisotopic (exact) mass is 350 g/mol. The number of amides is 1. The number of β-amino-alcohol motifs (C(OH)–C–C–N with tert-alkyl or cyclic N) is 1. The molecular weight excluding hydrogens is 328 g/mol. The van der Waals surface area contributed by atoms with Gasteiger partial charge >= 0.3 is 0 Å². The molecule has 0 saturated carbocycles. The number of imidazole rings is 1. The summed E-state index contributed by atoms with van der Waals surface area (Å²) in [6.07, 6.45) is 5.91. The van der Waals surface area contributed by atoms with Gasteiger partial charge in [-0.25, -0.2) is 4.98 Å². The van der Waals surface area contributed by atoms with Crippen molar-refractivity contribution in [3.8, 4) is 0 Å². The van der Waals surface area contributed by atoms with E-state index in [-0.39, 0.29) is 11.8 Å². The van der Waals surface area contributed by atoms with Crippen molar-refractivity contribution in [1.29, 1.82) is 0 Å². The largest absolute Gasteiger partial charge is 0.391 e. The number of aliphatic hydroxyl groups excluding tert-OH is 1. The zero-order valence-electron chi connectivity index (χ0n) is 14.5. The Bertz CT molecular complexity index is 936. The highest BCUT2D eigenvalue weighted by atomic mass is 16.3. The molecule has 1 aliphatic rings. The lowest BCUT2D eigenvalue weighted by molar-refractivity contribution is 0.0764. The number of nitrogens with two attached hydrogens (primary N) is 1. The SMILES string of the molecule is NCc1cccc(C(=O)N2C[C@H](Cc3ccc4nccn4c3)[C@H](O)C2)c1. The maximum absolute atomic E-state index is 12.8. The number of aromatic nitrogens is 2. The molecule has 3 aromatic rings. The molecule has 3 N–H and O–H groups in total. The van der Waals surface area contributed by atoms with Crippen LogP contribution >= 0.6 is 0 Å². The summed E-state index contributed by atoms with van der Waals surface area (Å²) >= 11 is 0. The van der Waals surface area contributed by atoms with E-state index >= 15 is 0 Å². The second kappa shape index (κ2) is 6.90. The van der Waals surface area contributed by atoms with Crippen molar-refractivity contribution in [2.75, 3.05) is 13.1 Å². The van der Waals surface area contributed by atoms with Gasteiger partial charge in [-0.15, -0.1) is 0 Å². The molecule has 26 heavy (non-hydrogen) atoms. The molecule has 1 fully saturated rings. The number of pyridine rings is 1. The average Bonchev–Trinajstić information content (AvgIpc) is 3.27. The van der Waals surface area contributed by atoms with Crippen LogP contribution in [0, 0.1) is 5.92 Å². The summed E-state index contributed by atoms with van der Waals surface area (Å²) in [5.41, 5.74) is 9.24. The first-order valence-electron chi connectivity index (χ1n) is 8.82. The predicted octanol–water partition coefficient (Wildman–Crippen LogP) is 1.47. The zero-order valence-corrected chi connectivity index (χ0v) is 14.5. The van der Waals surface area contributed by atoms with E-state index in [4.69, 9.17) is 5.73 Å². The van der Waals surface area contributed by atoms with Crippen LogP contribution in [0.4, 0.5) is 0 Å². The molecular formula is C20H22N4O2. The molecule has 2 aromatic heterocycles.